The maximum atomic E-state index is 12.8. The summed E-state index contributed by atoms with van der Waals surface area (Å²) in [6.07, 6.45) is 3.18. The Balaban J connectivity index is 1.70. The van der Waals surface area contributed by atoms with E-state index in [4.69, 9.17) is 14.2 Å². The van der Waals surface area contributed by atoms with Crippen molar-refractivity contribution >= 4 is 5.91 Å². The Morgan fingerprint density at radius 3 is 2.67 bits per heavy atom. The second-order valence-electron chi connectivity index (χ2n) is 7.13. The molecule has 0 radical (unpaired) electrons. The maximum Gasteiger partial charge on any atom is 0.226 e. The third-order valence-corrected chi connectivity index (χ3v) is 5.49. The first-order valence-corrected chi connectivity index (χ1v) is 9.46. The smallest absolute Gasteiger partial charge is 0.226 e. The highest BCUT2D eigenvalue weighted by molar-refractivity contribution is 5.80. The van der Waals surface area contributed by atoms with Crippen molar-refractivity contribution in [2.24, 2.45) is 5.92 Å². The van der Waals surface area contributed by atoms with Gasteiger partial charge in [-0.3, -0.25) is 4.79 Å². The quantitative estimate of drug-likeness (QED) is 0.823. The molecule has 2 aromatic rings. The lowest BCUT2D eigenvalue weighted by Gasteiger charge is -2.30. The van der Waals surface area contributed by atoms with Crippen LogP contribution in [0.5, 0.6) is 17.2 Å². The number of benzene rings is 2. The molecule has 27 heavy (non-hydrogen) atoms. The van der Waals surface area contributed by atoms with Crippen LogP contribution in [0.1, 0.15) is 24.8 Å². The Hall–Kier alpha value is -2.69. The van der Waals surface area contributed by atoms with E-state index in [0.717, 1.165) is 47.5 Å². The van der Waals surface area contributed by atoms with Crippen LogP contribution in [0, 0.1) is 5.92 Å². The Morgan fingerprint density at radius 1 is 1.11 bits per heavy atom. The van der Waals surface area contributed by atoms with Crippen molar-refractivity contribution in [1.29, 1.82) is 0 Å². The van der Waals surface area contributed by atoms with Crippen LogP contribution in [0.4, 0.5) is 0 Å². The molecule has 5 nitrogen and oxygen atoms in total. The Kier molecular flexibility index (Phi) is 4.92. The summed E-state index contributed by atoms with van der Waals surface area (Å²) in [5, 5.41) is 0. The van der Waals surface area contributed by atoms with Gasteiger partial charge in [0, 0.05) is 18.0 Å². The normalized spacial score (nSPS) is 16.6. The lowest BCUT2D eigenvalue weighted by molar-refractivity contribution is -0.138. The van der Waals surface area contributed by atoms with Gasteiger partial charge in [-0.05, 0) is 48.2 Å². The largest absolute Gasteiger partial charge is 0.497 e. The number of rotatable bonds is 4. The monoisotopic (exact) mass is 367 g/mol. The van der Waals surface area contributed by atoms with Crippen LogP contribution >= 0.6 is 0 Å². The Labute approximate surface area is 159 Å². The van der Waals surface area contributed by atoms with Gasteiger partial charge >= 0.3 is 0 Å². The van der Waals surface area contributed by atoms with E-state index in [-0.39, 0.29) is 11.8 Å². The van der Waals surface area contributed by atoms with Gasteiger partial charge in [-0.1, -0.05) is 18.6 Å². The van der Waals surface area contributed by atoms with Gasteiger partial charge in [0.05, 0.1) is 20.8 Å². The van der Waals surface area contributed by atoms with Crippen molar-refractivity contribution in [2.75, 3.05) is 27.4 Å². The predicted octanol–water partition coefficient (Wildman–Crippen LogP) is 3.89. The van der Waals surface area contributed by atoms with Crippen LogP contribution < -0.4 is 14.2 Å². The van der Waals surface area contributed by atoms with E-state index in [2.05, 4.69) is 6.07 Å². The maximum absolute atomic E-state index is 12.8. The van der Waals surface area contributed by atoms with E-state index >= 15 is 0 Å². The van der Waals surface area contributed by atoms with Crippen molar-refractivity contribution < 1.29 is 19.0 Å². The van der Waals surface area contributed by atoms with Crippen LogP contribution in [0.15, 0.2) is 36.4 Å². The van der Waals surface area contributed by atoms with Crippen LogP contribution in [0.3, 0.4) is 0 Å². The molecular weight excluding hydrogens is 342 g/mol. The molecular formula is C22H25NO4. The lowest BCUT2D eigenvalue weighted by Crippen LogP contribution is -2.39. The number of fused-ring (bicyclic) bond motifs is 1. The summed E-state index contributed by atoms with van der Waals surface area (Å²) in [4.78, 5) is 14.7. The first-order chi connectivity index (χ1) is 13.2. The van der Waals surface area contributed by atoms with Gasteiger partial charge in [0.2, 0.25) is 5.91 Å². The van der Waals surface area contributed by atoms with Gasteiger partial charge in [0.1, 0.15) is 12.4 Å². The third kappa shape index (κ3) is 3.46. The van der Waals surface area contributed by atoms with Crippen molar-refractivity contribution in [3.63, 3.8) is 0 Å². The number of hydrogen-bond donors (Lipinski definition) is 0. The third-order valence-electron chi connectivity index (χ3n) is 5.49. The second kappa shape index (κ2) is 7.51. The molecule has 1 saturated carbocycles. The SMILES string of the molecule is COc1cccc(-c2cc3c(c(OC)c2)OCCN(C(=O)C2CCC2)C3)c1. The molecule has 1 aliphatic heterocycles. The molecule has 5 heteroatoms. The van der Waals surface area contributed by atoms with E-state index in [1.165, 1.54) is 0 Å². The van der Waals surface area contributed by atoms with E-state index < -0.39 is 0 Å². The molecule has 0 unspecified atom stereocenters. The summed E-state index contributed by atoms with van der Waals surface area (Å²) >= 11 is 0. The van der Waals surface area contributed by atoms with Gasteiger partial charge in [-0.15, -0.1) is 0 Å². The highest BCUT2D eigenvalue weighted by atomic mass is 16.5. The predicted molar refractivity (Wildman–Crippen MR) is 103 cm³/mol. The average molecular weight is 367 g/mol. The minimum Gasteiger partial charge on any atom is -0.497 e. The summed E-state index contributed by atoms with van der Waals surface area (Å²) in [5.74, 6) is 2.69. The zero-order valence-electron chi connectivity index (χ0n) is 15.9. The molecule has 1 amide bonds. The van der Waals surface area contributed by atoms with Crippen LogP contribution in [0.25, 0.3) is 11.1 Å². The van der Waals surface area contributed by atoms with Crippen molar-refractivity contribution in [1.82, 2.24) is 4.90 Å². The molecule has 1 aliphatic carbocycles. The zero-order valence-corrected chi connectivity index (χ0v) is 15.9. The number of carbonyl (C=O) groups excluding carboxylic acids is 1. The molecule has 0 atom stereocenters. The van der Waals surface area contributed by atoms with Crippen molar-refractivity contribution in [3.8, 4) is 28.4 Å². The molecule has 1 fully saturated rings. The molecule has 2 aromatic carbocycles. The number of hydrogen-bond acceptors (Lipinski definition) is 4. The molecule has 0 spiro atoms. The molecule has 142 valence electrons. The van der Waals surface area contributed by atoms with E-state index in [1.807, 2.05) is 35.2 Å². The lowest BCUT2D eigenvalue weighted by atomic mass is 9.84. The van der Waals surface area contributed by atoms with Gasteiger partial charge in [0.25, 0.3) is 0 Å². The van der Waals surface area contributed by atoms with Crippen LogP contribution in [0.2, 0.25) is 0 Å². The van der Waals surface area contributed by atoms with Gasteiger partial charge < -0.3 is 19.1 Å². The van der Waals surface area contributed by atoms with Gasteiger partial charge in [0.15, 0.2) is 11.5 Å². The zero-order chi connectivity index (χ0) is 18.8. The summed E-state index contributed by atoms with van der Waals surface area (Å²) in [6, 6.07) is 12.0. The fraction of sp³-hybridized carbons (Fsp3) is 0.409. The second-order valence-corrected chi connectivity index (χ2v) is 7.13. The fourth-order valence-electron chi connectivity index (χ4n) is 3.71. The minimum absolute atomic E-state index is 0.190. The summed E-state index contributed by atoms with van der Waals surface area (Å²) in [7, 11) is 3.31. The number of carbonyl (C=O) groups is 1. The Morgan fingerprint density at radius 2 is 1.96 bits per heavy atom. The summed E-state index contributed by atoms with van der Waals surface area (Å²) < 4.78 is 16.9. The number of methoxy groups -OCH3 is 2. The van der Waals surface area contributed by atoms with Crippen LogP contribution in [-0.4, -0.2) is 38.2 Å². The van der Waals surface area contributed by atoms with Crippen LogP contribution in [-0.2, 0) is 11.3 Å². The molecule has 4 rings (SSSR count). The fourth-order valence-corrected chi connectivity index (χ4v) is 3.71. The number of amides is 1. The van der Waals surface area contributed by atoms with Crippen molar-refractivity contribution in [2.45, 2.75) is 25.8 Å². The minimum atomic E-state index is 0.190. The molecule has 0 N–H and O–H groups in total. The molecule has 0 bridgehead atoms. The molecule has 1 heterocycles. The summed E-state index contributed by atoms with van der Waals surface area (Å²) in [5.41, 5.74) is 3.04. The topological polar surface area (TPSA) is 48.0 Å². The van der Waals surface area contributed by atoms with E-state index in [0.29, 0.717) is 25.4 Å². The first kappa shape index (κ1) is 17.7. The van der Waals surface area contributed by atoms with Crippen molar-refractivity contribution in [3.05, 3.63) is 42.0 Å². The standard InChI is InChI=1S/C22H25NO4/c1-25-19-8-4-7-16(12-19)17-11-18-14-23(22(24)15-5-3-6-15)9-10-27-21(18)20(13-17)26-2/h4,7-8,11-13,15H,3,5-6,9-10,14H2,1-2H3. The van der Waals surface area contributed by atoms with Gasteiger partial charge in [-0.2, -0.15) is 0 Å². The summed E-state index contributed by atoms with van der Waals surface area (Å²) in [6.45, 7) is 1.65. The average Bonchev–Trinajstić information content (AvgIpc) is 2.88. The van der Waals surface area contributed by atoms with Gasteiger partial charge in [-0.25, -0.2) is 0 Å². The molecule has 2 aliphatic rings. The number of nitrogens with zero attached hydrogens (tertiary/aromatic N) is 1. The van der Waals surface area contributed by atoms with E-state index in [1.54, 1.807) is 14.2 Å². The molecule has 0 aromatic heterocycles. The highest BCUT2D eigenvalue weighted by Gasteiger charge is 2.31. The highest BCUT2D eigenvalue weighted by Crippen LogP contribution is 2.39. The Bertz CT molecular complexity index is 844. The first-order valence-electron chi connectivity index (χ1n) is 9.46. The van der Waals surface area contributed by atoms with E-state index in [9.17, 15) is 4.79 Å². The number of ether oxygens (including phenoxy) is 3. The molecule has 0 saturated heterocycles.